The Morgan fingerprint density at radius 3 is 2.00 bits per heavy atom. The minimum Gasteiger partial charge on any atom is -0.319 e. The van der Waals surface area contributed by atoms with Crippen molar-refractivity contribution in [2.75, 3.05) is 27.7 Å². The van der Waals surface area contributed by atoms with E-state index in [1.54, 1.807) is 0 Å². The van der Waals surface area contributed by atoms with E-state index < -0.39 is 0 Å². The zero-order valence-electron chi connectivity index (χ0n) is 9.22. The van der Waals surface area contributed by atoms with Crippen molar-refractivity contribution in [2.45, 2.75) is 32.7 Å². The summed E-state index contributed by atoms with van der Waals surface area (Å²) in [5.74, 6) is 0.787. The van der Waals surface area contributed by atoms with Gasteiger partial charge in [-0.2, -0.15) is 0 Å². The summed E-state index contributed by atoms with van der Waals surface area (Å²) in [6.45, 7) is 5.67. The molecule has 0 aromatic rings. The van der Waals surface area contributed by atoms with Crippen molar-refractivity contribution < 1.29 is 0 Å². The number of hydrogen-bond acceptors (Lipinski definition) is 2. The van der Waals surface area contributed by atoms with Crippen LogP contribution < -0.4 is 5.32 Å². The van der Waals surface area contributed by atoms with Gasteiger partial charge in [0.15, 0.2) is 0 Å². The Bertz CT molecular complexity index is 102. The van der Waals surface area contributed by atoms with Gasteiger partial charge in [-0.15, -0.1) is 0 Å². The zero-order valence-corrected chi connectivity index (χ0v) is 9.22. The highest BCUT2D eigenvalue weighted by molar-refractivity contribution is 4.75. The first-order valence-electron chi connectivity index (χ1n) is 4.98. The first kappa shape index (κ1) is 11.9. The maximum atomic E-state index is 3.26. The van der Waals surface area contributed by atoms with Gasteiger partial charge in [-0.3, -0.25) is 0 Å². The lowest BCUT2D eigenvalue weighted by Crippen LogP contribution is -2.39. The molecule has 0 bridgehead atoms. The molecule has 0 heterocycles. The molecule has 0 aliphatic rings. The van der Waals surface area contributed by atoms with Gasteiger partial charge < -0.3 is 10.2 Å². The highest BCUT2D eigenvalue weighted by Gasteiger charge is 2.18. The molecule has 2 heteroatoms. The average Bonchev–Trinajstić information content (AvgIpc) is 2.03. The van der Waals surface area contributed by atoms with Crippen molar-refractivity contribution in [3.05, 3.63) is 0 Å². The van der Waals surface area contributed by atoms with E-state index in [9.17, 15) is 0 Å². The molecule has 0 saturated carbocycles. The standard InChI is InChI=1S/C10H24N2/c1-6-9(8-11-3)10(7-2)12(4)5/h9-11H,6-8H2,1-5H3. The third-order valence-electron chi connectivity index (χ3n) is 2.62. The Labute approximate surface area is 77.3 Å². The molecule has 0 aliphatic carbocycles. The van der Waals surface area contributed by atoms with E-state index in [1.807, 2.05) is 7.05 Å². The van der Waals surface area contributed by atoms with Crippen LogP contribution in [0, 0.1) is 5.92 Å². The lowest BCUT2D eigenvalue weighted by atomic mass is 9.94. The van der Waals surface area contributed by atoms with E-state index in [4.69, 9.17) is 0 Å². The molecular weight excluding hydrogens is 148 g/mol. The predicted octanol–water partition coefficient (Wildman–Crippen LogP) is 1.57. The fourth-order valence-electron chi connectivity index (χ4n) is 1.93. The van der Waals surface area contributed by atoms with Crippen LogP contribution in [0.1, 0.15) is 26.7 Å². The summed E-state index contributed by atoms with van der Waals surface area (Å²) in [5, 5.41) is 3.26. The van der Waals surface area contributed by atoms with Crippen LogP contribution in [0.4, 0.5) is 0 Å². The van der Waals surface area contributed by atoms with E-state index in [0.717, 1.165) is 18.5 Å². The molecule has 0 fully saturated rings. The SMILES string of the molecule is CCC(CNC)C(CC)N(C)C. The topological polar surface area (TPSA) is 15.3 Å². The Morgan fingerprint density at radius 1 is 1.17 bits per heavy atom. The van der Waals surface area contributed by atoms with E-state index in [1.165, 1.54) is 12.8 Å². The molecule has 2 nitrogen and oxygen atoms in total. The van der Waals surface area contributed by atoms with E-state index in [-0.39, 0.29) is 0 Å². The molecule has 2 unspecified atom stereocenters. The number of nitrogens with zero attached hydrogens (tertiary/aromatic N) is 1. The van der Waals surface area contributed by atoms with Gasteiger partial charge in [0.2, 0.25) is 0 Å². The molecule has 0 aromatic heterocycles. The summed E-state index contributed by atoms with van der Waals surface area (Å²) in [5.41, 5.74) is 0. The molecule has 1 N–H and O–H groups in total. The number of nitrogens with one attached hydrogen (secondary N) is 1. The Kier molecular flexibility index (Phi) is 6.39. The van der Waals surface area contributed by atoms with Crippen LogP contribution in [0.15, 0.2) is 0 Å². The molecule has 0 aromatic carbocycles. The lowest BCUT2D eigenvalue weighted by Gasteiger charge is -2.30. The summed E-state index contributed by atoms with van der Waals surface area (Å²) >= 11 is 0. The van der Waals surface area contributed by atoms with Crippen LogP contribution in [-0.2, 0) is 0 Å². The molecule has 12 heavy (non-hydrogen) atoms. The van der Waals surface area contributed by atoms with Crippen LogP contribution in [0.3, 0.4) is 0 Å². The molecular formula is C10H24N2. The maximum absolute atomic E-state index is 3.26. The first-order chi connectivity index (χ1) is 5.67. The van der Waals surface area contributed by atoms with Gasteiger partial charge in [0.25, 0.3) is 0 Å². The smallest absolute Gasteiger partial charge is 0.0127 e. The summed E-state index contributed by atoms with van der Waals surface area (Å²) in [7, 11) is 6.38. The monoisotopic (exact) mass is 172 g/mol. The van der Waals surface area contributed by atoms with Crippen molar-refractivity contribution in [1.82, 2.24) is 10.2 Å². The molecule has 2 atom stereocenters. The summed E-state index contributed by atoms with van der Waals surface area (Å²) in [6, 6.07) is 0.724. The fraction of sp³-hybridized carbons (Fsp3) is 1.00. The molecule has 0 amide bonds. The normalized spacial score (nSPS) is 16.5. The van der Waals surface area contributed by atoms with Crippen LogP contribution in [-0.4, -0.2) is 38.6 Å². The van der Waals surface area contributed by atoms with Gasteiger partial charge in [-0.1, -0.05) is 20.3 Å². The minimum atomic E-state index is 0.724. The van der Waals surface area contributed by atoms with Gasteiger partial charge in [-0.05, 0) is 40.0 Å². The van der Waals surface area contributed by atoms with Crippen LogP contribution in [0.2, 0.25) is 0 Å². The highest BCUT2D eigenvalue weighted by atomic mass is 15.1. The molecule has 0 radical (unpaired) electrons. The van der Waals surface area contributed by atoms with E-state index >= 15 is 0 Å². The fourth-order valence-corrected chi connectivity index (χ4v) is 1.93. The first-order valence-corrected chi connectivity index (χ1v) is 4.98. The van der Waals surface area contributed by atoms with Gasteiger partial charge in [0, 0.05) is 6.04 Å². The van der Waals surface area contributed by atoms with Crippen LogP contribution >= 0.6 is 0 Å². The quantitative estimate of drug-likeness (QED) is 0.654. The molecule has 0 saturated heterocycles. The van der Waals surface area contributed by atoms with E-state index in [2.05, 4.69) is 38.2 Å². The van der Waals surface area contributed by atoms with Crippen LogP contribution in [0.5, 0.6) is 0 Å². The van der Waals surface area contributed by atoms with Crippen molar-refractivity contribution >= 4 is 0 Å². The van der Waals surface area contributed by atoms with Crippen molar-refractivity contribution in [3.63, 3.8) is 0 Å². The van der Waals surface area contributed by atoms with Gasteiger partial charge in [0.05, 0.1) is 0 Å². The molecule has 0 spiro atoms. The zero-order chi connectivity index (χ0) is 9.56. The molecule has 0 rings (SSSR count). The summed E-state index contributed by atoms with van der Waals surface area (Å²) in [6.07, 6.45) is 2.50. The minimum absolute atomic E-state index is 0.724. The molecule has 74 valence electrons. The second-order valence-corrected chi connectivity index (χ2v) is 3.67. The van der Waals surface area contributed by atoms with Crippen LogP contribution in [0.25, 0.3) is 0 Å². The second-order valence-electron chi connectivity index (χ2n) is 3.67. The Morgan fingerprint density at radius 2 is 1.75 bits per heavy atom. The van der Waals surface area contributed by atoms with Gasteiger partial charge >= 0.3 is 0 Å². The number of hydrogen-bond donors (Lipinski definition) is 1. The highest BCUT2D eigenvalue weighted by Crippen LogP contribution is 2.14. The summed E-state index contributed by atoms with van der Waals surface area (Å²) < 4.78 is 0. The Hall–Kier alpha value is -0.0800. The average molecular weight is 172 g/mol. The van der Waals surface area contributed by atoms with E-state index in [0.29, 0.717) is 0 Å². The Balaban J connectivity index is 4.02. The van der Waals surface area contributed by atoms with Crippen molar-refractivity contribution in [1.29, 1.82) is 0 Å². The summed E-state index contributed by atoms with van der Waals surface area (Å²) in [4.78, 5) is 2.34. The third-order valence-corrected chi connectivity index (χ3v) is 2.62. The van der Waals surface area contributed by atoms with Gasteiger partial charge in [0.1, 0.15) is 0 Å². The lowest BCUT2D eigenvalue weighted by molar-refractivity contribution is 0.196. The largest absolute Gasteiger partial charge is 0.319 e. The maximum Gasteiger partial charge on any atom is 0.0127 e. The second kappa shape index (κ2) is 6.44. The third kappa shape index (κ3) is 3.55. The molecule has 0 aliphatic heterocycles. The van der Waals surface area contributed by atoms with Gasteiger partial charge in [-0.25, -0.2) is 0 Å². The van der Waals surface area contributed by atoms with Crippen molar-refractivity contribution in [3.8, 4) is 0 Å². The van der Waals surface area contributed by atoms with Crippen molar-refractivity contribution in [2.24, 2.45) is 5.92 Å². The predicted molar refractivity (Wildman–Crippen MR) is 55.5 cm³/mol. The number of rotatable bonds is 6.